The third-order valence-electron chi connectivity index (χ3n) is 15.0. The van der Waals surface area contributed by atoms with Gasteiger partial charge in [-0.25, -0.2) is 0 Å². The van der Waals surface area contributed by atoms with Crippen molar-refractivity contribution >= 4 is 49.6 Å². The summed E-state index contributed by atoms with van der Waals surface area (Å²) in [4.78, 5) is 2.55. The van der Waals surface area contributed by atoms with E-state index in [0.29, 0.717) is 5.92 Å². The molecule has 0 amide bonds. The van der Waals surface area contributed by atoms with Crippen molar-refractivity contribution in [1.29, 1.82) is 0 Å². The van der Waals surface area contributed by atoms with E-state index in [9.17, 15) is 0 Å². The van der Waals surface area contributed by atoms with E-state index in [1.165, 1.54) is 115 Å². The summed E-state index contributed by atoms with van der Waals surface area (Å²) in [5.41, 5.74) is 18.1. The fourth-order valence-corrected chi connectivity index (χ4v) is 12.2. The van der Waals surface area contributed by atoms with Gasteiger partial charge in [0.05, 0.1) is 22.1 Å². The molecule has 0 aliphatic heterocycles. The number of para-hydroxylation sites is 3. The third-order valence-corrected chi connectivity index (χ3v) is 15.0. The fourth-order valence-electron chi connectivity index (χ4n) is 12.2. The average Bonchev–Trinajstić information content (AvgIpc) is 3.90. The van der Waals surface area contributed by atoms with E-state index < -0.39 is 5.41 Å². The second-order valence-electron chi connectivity index (χ2n) is 18.6. The molecule has 11 aromatic rings. The monoisotopic (exact) mass is 858 g/mol. The molecule has 1 fully saturated rings. The van der Waals surface area contributed by atoms with Crippen molar-refractivity contribution in [2.75, 3.05) is 4.90 Å². The Balaban J connectivity index is 1.10. The minimum absolute atomic E-state index is 0.534. The standard InChI is InChI=1S/C65H50N2/c1-5-21-45(22-6-1)52-34-19-23-46-24-20-35-57(64(46)52)55-32-14-17-37-61(55)66(50-40-42-63-58(43-50)56-33-15-18-38-62(56)67(63)49-29-11-4-12-30-49)51-39-41-54-53-31-13-16-36-59(53)65(60(54)44-51,47-25-7-2-8-26-47)48-27-9-3-10-28-48/h2-4,7-20,23-45H,1,5-6,21-22H2. The van der Waals surface area contributed by atoms with Gasteiger partial charge in [-0.3, -0.25) is 0 Å². The molecule has 2 aliphatic rings. The van der Waals surface area contributed by atoms with E-state index >= 15 is 0 Å². The summed E-state index contributed by atoms with van der Waals surface area (Å²) in [6.07, 6.45) is 6.43. The lowest BCUT2D eigenvalue weighted by Crippen LogP contribution is -2.28. The van der Waals surface area contributed by atoms with Gasteiger partial charge in [0, 0.05) is 33.4 Å². The van der Waals surface area contributed by atoms with Crippen molar-refractivity contribution in [2.45, 2.75) is 43.4 Å². The van der Waals surface area contributed by atoms with Gasteiger partial charge in [0.1, 0.15) is 0 Å². The predicted molar refractivity (Wildman–Crippen MR) is 282 cm³/mol. The smallest absolute Gasteiger partial charge is 0.0714 e. The van der Waals surface area contributed by atoms with Crippen molar-refractivity contribution in [3.8, 4) is 27.9 Å². The van der Waals surface area contributed by atoms with Gasteiger partial charge in [0.2, 0.25) is 0 Å². The van der Waals surface area contributed by atoms with E-state index in [0.717, 1.165) is 22.7 Å². The third kappa shape index (κ3) is 6.24. The Hall–Kier alpha value is -7.94. The number of hydrogen-bond donors (Lipinski definition) is 0. The van der Waals surface area contributed by atoms with Crippen LogP contribution in [0.2, 0.25) is 0 Å². The van der Waals surface area contributed by atoms with Gasteiger partial charge in [-0.15, -0.1) is 0 Å². The highest BCUT2D eigenvalue weighted by molar-refractivity contribution is 6.11. The van der Waals surface area contributed by atoms with E-state index in [-0.39, 0.29) is 0 Å². The summed E-state index contributed by atoms with van der Waals surface area (Å²) in [6.45, 7) is 0. The number of hydrogen-bond acceptors (Lipinski definition) is 1. The average molecular weight is 859 g/mol. The molecule has 67 heavy (non-hydrogen) atoms. The second-order valence-corrected chi connectivity index (χ2v) is 18.6. The molecular formula is C65H50N2. The van der Waals surface area contributed by atoms with Crippen LogP contribution >= 0.6 is 0 Å². The molecule has 0 unspecified atom stereocenters. The quantitative estimate of drug-likeness (QED) is 0.148. The molecule has 2 heteroatoms. The number of fused-ring (bicyclic) bond motifs is 7. The Kier molecular flexibility index (Phi) is 9.53. The fraction of sp³-hybridized carbons (Fsp3) is 0.108. The van der Waals surface area contributed by atoms with Crippen molar-refractivity contribution in [3.63, 3.8) is 0 Å². The van der Waals surface area contributed by atoms with Gasteiger partial charge in [-0.1, -0.05) is 201 Å². The second kappa shape index (κ2) is 16.2. The maximum absolute atomic E-state index is 2.55. The lowest BCUT2D eigenvalue weighted by molar-refractivity contribution is 0.445. The van der Waals surface area contributed by atoms with Gasteiger partial charge < -0.3 is 9.47 Å². The highest BCUT2D eigenvalue weighted by Crippen LogP contribution is 2.58. The van der Waals surface area contributed by atoms with Crippen LogP contribution in [0, 0.1) is 0 Å². The van der Waals surface area contributed by atoms with Gasteiger partial charge in [-0.2, -0.15) is 0 Å². The van der Waals surface area contributed by atoms with Crippen LogP contribution in [0.5, 0.6) is 0 Å². The first-order chi connectivity index (χ1) is 33.3. The van der Waals surface area contributed by atoms with Gasteiger partial charge in [-0.05, 0) is 129 Å². The molecular weight excluding hydrogens is 809 g/mol. The number of rotatable bonds is 8. The highest BCUT2D eigenvalue weighted by Gasteiger charge is 2.46. The molecule has 0 atom stereocenters. The van der Waals surface area contributed by atoms with Crippen LogP contribution in [0.3, 0.4) is 0 Å². The molecule has 1 saturated carbocycles. The first-order valence-corrected chi connectivity index (χ1v) is 24.1. The molecule has 320 valence electrons. The molecule has 1 heterocycles. The predicted octanol–water partition coefficient (Wildman–Crippen LogP) is 17.5. The zero-order valence-corrected chi connectivity index (χ0v) is 37.5. The molecule has 0 N–H and O–H groups in total. The molecule has 1 aromatic heterocycles. The number of anilines is 3. The van der Waals surface area contributed by atoms with Gasteiger partial charge in [0.15, 0.2) is 0 Å². The Labute approximate surface area is 393 Å². The lowest BCUT2D eigenvalue weighted by Gasteiger charge is -2.35. The Bertz CT molecular complexity index is 3570. The van der Waals surface area contributed by atoms with E-state index in [1.54, 1.807) is 0 Å². The van der Waals surface area contributed by atoms with Crippen LogP contribution in [-0.4, -0.2) is 4.57 Å². The summed E-state index contributed by atoms with van der Waals surface area (Å²) in [5, 5.41) is 5.16. The van der Waals surface area contributed by atoms with E-state index in [2.05, 4.69) is 246 Å². The minimum atomic E-state index is -0.534. The SMILES string of the molecule is c1ccc(-n2c3ccccc3c3cc(N(c4ccc5c(c4)C(c4ccccc4)(c4ccccc4)c4ccccc4-5)c4ccccc4-c4cccc5cccc(C6CCCCC6)c45)ccc32)cc1. The number of aromatic nitrogens is 1. The number of benzene rings is 10. The molecule has 2 nitrogen and oxygen atoms in total. The molecule has 0 saturated heterocycles. The van der Waals surface area contributed by atoms with Gasteiger partial charge in [0.25, 0.3) is 0 Å². The largest absolute Gasteiger partial charge is 0.310 e. The first kappa shape index (κ1) is 39.4. The topological polar surface area (TPSA) is 8.17 Å². The zero-order chi connectivity index (χ0) is 44.3. The Morgan fingerprint density at radius 3 is 1.76 bits per heavy atom. The van der Waals surface area contributed by atoms with Crippen LogP contribution < -0.4 is 4.90 Å². The van der Waals surface area contributed by atoms with Crippen LogP contribution in [0.1, 0.15) is 65.8 Å². The molecule has 0 bridgehead atoms. The lowest BCUT2D eigenvalue weighted by atomic mass is 9.67. The normalized spacial score (nSPS) is 14.3. The Morgan fingerprint density at radius 1 is 0.403 bits per heavy atom. The molecule has 0 spiro atoms. The van der Waals surface area contributed by atoms with Crippen molar-refractivity contribution < 1.29 is 0 Å². The summed E-state index contributed by atoms with van der Waals surface area (Å²) >= 11 is 0. The number of nitrogens with zero attached hydrogens (tertiary/aromatic N) is 2. The summed E-state index contributed by atoms with van der Waals surface area (Å²) in [6, 6.07) is 88.5. The van der Waals surface area contributed by atoms with Crippen LogP contribution in [0.25, 0.3) is 60.5 Å². The maximum Gasteiger partial charge on any atom is 0.0714 e. The molecule has 2 aliphatic carbocycles. The maximum atomic E-state index is 2.55. The van der Waals surface area contributed by atoms with E-state index in [4.69, 9.17) is 0 Å². The molecule has 13 rings (SSSR count). The summed E-state index contributed by atoms with van der Waals surface area (Å²) in [7, 11) is 0. The summed E-state index contributed by atoms with van der Waals surface area (Å²) < 4.78 is 2.41. The van der Waals surface area contributed by atoms with Crippen LogP contribution in [0.4, 0.5) is 17.1 Å². The zero-order valence-electron chi connectivity index (χ0n) is 37.5. The highest BCUT2D eigenvalue weighted by atomic mass is 15.1. The van der Waals surface area contributed by atoms with Crippen molar-refractivity contribution in [3.05, 3.63) is 264 Å². The Morgan fingerprint density at radius 2 is 0.985 bits per heavy atom. The first-order valence-electron chi connectivity index (χ1n) is 24.1. The van der Waals surface area contributed by atoms with Crippen LogP contribution in [0.15, 0.2) is 237 Å². The molecule has 0 radical (unpaired) electrons. The molecule has 10 aromatic carbocycles. The summed E-state index contributed by atoms with van der Waals surface area (Å²) in [5.74, 6) is 0.564. The van der Waals surface area contributed by atoms with Crippen LogP contribution in [-0.2, 0) is 5.41 Å². The minimum Gasteiger partial charge on any atom is -0.310 e. The van der Waals surface area contributed by atoms with Crippen molar-refractivity contribution in [2.24, 2.45) is 0 Å². The van der Waals surface area contributed by atoms with Gasteiger partial charge >= 0.3 is 0 Å². The van der Waals surface area contributed by atoms with E-state index in [1.807, 2.05) is 0 Å². The van der Waals surface area contributed by atoms with Crippen molar-refractivity contribution in [1.82, 2.24) is 4.57 Å².